The van der Waals surface area contributed by atoms with E-state index in [9.17, 15) is 4.79 Å². The van der Waals surface area contributed by atoms with Crippen LogP contribution in [0.15, 0.2) is 18.3 Å². The van der Waals surface area contributed by atoms with E-state index >= 15 is 0 Å². The Morgan fingerprint density at radius 3 is 3.06 bits per heavy atom. The molecule has 0 saturated carbocycles. The monoisotopic (exact) mass is 222 g/mol. The Kier molecular flexibility index (Phi) is 3.05. The molecule has 1 amide bonds. The first-order chi connectivity index (χ1) is 7.70. The van der Waals surface area contributed by atoms with Gasteiger partial charge in [-0.05, 0) is 18.6 Å². The number of aromatic nitrogens is 1. The lowest BCUT2D eigenvalue weighted by atomic mass is 10.2. The Morgan fingerprint density at radius 1 is 1.62 bits per heavy atom. The number of aryl methyl sites for hydroxylation is 1. The summed E-state index contributed by atoms with van der Waals surface area (Å²) in [4.78, 5) is 17.1. The average Bonchev–Trinajstić information content (AvgIpc) is 2.63. The summed E-state index contributed by atoms with van der Waals surface area (Å²) < 4.78 is 4.86. The second-order valence-electron chi connectivity index (χ2n) is 3.87. The van der Waals surface area contributed by atoms with Gasteiger partial charge >= 0.3 is 6.09 Å². The highest BCUT2D eigenvalue weighted by Gasteiger charge is 2.32. The van der Waals surface area contributed by atoms with E-state index in [-0.39, 0.29) is 25.3 Å². The van der Waals surface area contributed by atoms with Crippen LogP contribution in [-0.2, 0) is 11.3 Å². The van der Waals surface area contributed by atoms with Crippen LogP contribution in [0.3, 0.4) is 0 Å². The smallest absolute Gasteiger partial charge is 0.410 e. The number of carbonyl (C=O) groups excluding carboxylic acids is 1. The van der Waals surface area contributed by atoms with Crippen molar-refractivity contribution in [2.45, 2.75) is 19.5 Å². The van der Waals surface area contributed by atoms with Crippen molar-refractivity contribution in [3.05, 3.63) is 29.6 Å². The quantitative estimate of drug-likeness (QED) is 0.817. The number of ether oxygens (including phenoxy) is 1. The highest BCUT2D eigenvalue weighted by Crippen LogP contribution is 2.15. The van der Waals surface area contributed by atoms with Crippen LogP contribution in [0.4, 0.5) is 4.79 Å². The summed E-state index contributed by atoms with van der Waals surface area (Å²) in [7, 11) is 0. The summed E-state index contributed by atoms with van der Waals surface area (Å²) in [5.41, 5.74) is 1.87. The standard InChI is InChI=1S/C11H14N2O3/c1-8-2-3-9(12-4-8)5-13-10(6-14)7-16-11(13)15/h2-4,10,14H,5-7H2,1H3. The molecule has 1 aliphatic heterocycles. The number of hydrogen-bond donors (Lipinski definition) is 1. The van der Waals surface area contributed by atoms with Crippen molar-refractivity contribution in [1.82, 2.24) is 9.88 Å². The Balaban J connectivity index is 2.08. The van der Waals surface area contributed by atoms with Crippen molar-refractivity contribution >= 4 is 6.09 Å². The highest BCUT2D eigenvalue weighted by molar-refractivity contribution is 5.70. The first-order valence-electron chi connectivity index (χ1n) is 5.16. The predicted molar refractivity (Wildman–Crippen MR) is 56.7 cm³/mol. The summed E-state index contributed by atoms with van der Waals surface area (Å²) in [6, 6.07) is 3.56. The van der Waals surface area contributed by atoms with E-state index in [4.69, 9.17) is 9.84 Å². The Hall–Kier alpha value is -1.62. The Labute approximate surface area is 93.7 Å². The summed E-state index contributed by atoms with van der Waals surface area (Å²) in [5, 5.41) is 9.08. The van der Waals surface area contributed by atoms with Gasteiger partial charge in [-0.15, -0.1) is 0 Å². The van der Waals surface area contributed by atoms with Gasteiger partial charge in [-0.3, -0.25) is 9.88 Å². The molecular formula is C11H14N2O3. The molecule has 0 aromatic carbocycles. The van der Waals surface area contributed by atoms with E-state index in [0.29, 0.717) is 6.54 Å². The lowest BCUT2D eigenvalue weighted by molar-refractivity contribution is 0.150. The second-order valence-corrected chi connectivity index (χ2v) is 3.87. The molecule has 16 heavy (non-hydrogen) atoms. The largest absolute Gasteiger partial charge is 0.447 e. The number of aliphatic hydroxyl groups is 1. The van der Waals surface area contributed by atoms with E-state index in [1.54, 1.807) is 6.20 Å². The molecule has 86 valence electrons. The zero-order chi connectivity index (χ0) is 11.5. The fourth-order valence-corrected chi connectivity index (χ4v) is 1.60. The zero-order valence-corrected chi connectivity index (χ0v) is 9.09. The SMILES string of the molecule is Cc1ccc(CN2C(=O)OCC2CO)nc1. The van der Waals surface area contributed by atoms with E-state index < -0.39 is 0 Å². The van der Waals surface area contributed by atoms with E-state index in [2.05, 4.69) is 4.98 Å². The molecule has 1 aromatic heterocycles. The number of hydrogen-bond acceptors (Lipinski definition) is 4. The molecule has 5 heteroatoms. The van der Waals surface area contributed by atoms with Crippen LogP contribution in [0.25, 0.3) is 0 Å². The van der Waals surface area contributed by atoms with Gasteiger partial charge in [0.25, 0.3) is 0 Å². The molecule has 0 bridgehead atoms. The van der Waals surface area contributed by atoms with Gasteiger partial charge in [0.05, 0.1) is 24.9 Å². The third-order valence-corrected chi connectivity index (χ3v) is 2.59. The van der Waals surface area contributed by atoms with Crippen LogP contribution in [0.1, 0.15) is 11.3 Å². The van der Waals surface area contributed by atoms with Crippen molar-refractivity contribution in [2.24, 2.45) is 0 Å². The molecule has 1 saturated heterocycles. The summed E-state index contributed by atoms with van der Waals surface area (Å²) >= 11 is 0. The van der Waals surface area contributed by atoms with Crippen molar-refractivity contribution in [1.29, 1.82) is 0 Å². The topological polar surface area (TPSA) is 62.7 Å². The maximum absolute atomic E-state index is 11.4. The van der Waals surface area contributed by atoms with Gasteiger partial charge in [0.1, 0.15) is 6.61 Å². The van der Waals surface area contributed by atoms with Crippen LogP contribution >= 0.6 is 0 Å². The van der Waals surface area contributed by atoms with Gasteiger partial charge in [0, 0.05) is 6.20 Å². The van der Waals surface area contributed by atoms with Gasteiger partial charge < -0.3 is 9.84 Å². The minimum Gasteiger partial charge on any atom is -0.447 e. The van der Waals surface area contributed by atoms with Gasteiger partial charge in [0.2, 0.25) is 0 Å². The van der Waals surface area contributed by atoms with Crippen LogP contribution in [0, 0.1) is 6.92 Å². The van der Waals surface area contributed by atoms with Gasteiger partial charge in [-0.1, -0.05) is 6.07 Å². The van der Waals surface area contributed by atoms with Crippen molar-refractivity contribution in [3.63, 3.8) is 0 Å². The second kappa shape index (κ2) is 4.49. The number of pyridine rings is 1. The molecule has 1 atom stereocenters. The maximum Gasteiger partial charge on any atom is 0.410 e. The number of amides is 1. The molecule has 0 spiro atoms. The Morgan fingerprint density at radius 2 is 2.44 bits per heavy atom. The fraction of sp³-hybridized carbons (Fsp3) is 0.455. The molecule has 1 aliphatic rings. The first kappa shape index (κ1) is 10.9. The van der Waals surface area contributed by atoms with Crippen LogP contribution < -0.4 is 0 Å². The Bertz CT molecular complexity index is 377. The van der Waals surface area contributed by atoms with Crippen LogP contribution in [0.2, 0.25) is 0 Å². The summed E-state index contributed by atoms with van der Waals surface area (Å²) in [6.45, 7) is 2.50. The van der Waals surface area contributed by atoms with Crippen LogP contribution in [0.5, 0.6) is 0 Å². The molecule has 1 unspecified atom stereocenters. The third-order valence-electron chi connectivity index (χ3n) is 2.59. The number of carbonyl (C=O) groups is 1. The van der Waals surface area contributed by atoms with E-state index in [0.717, 1.165) is 11.3 Å². The van der Waals surface area contributed by atoms with Crippen LogP contribution in [-0.4, -0.2) is 40.3 Å². The third kappa shape index (κ3) is 2.14. The summed E-state index contributed by atoms with van der Waals surface area (Å²) in [5.74, 6) is 0. The van der Waals surface area contributed by atoms with Gasteiger partial charge in [-0.25, -0.2) is 4.79 Å². The maximum atomic E-state index is 11.4. The fourth-order valence-electron chi connectivity index (χ4n) is 1.60. The predicted octanol–water partition coefficient (Wildman–Crippen LogP) is 0.703. The molecule has 0 aliphatic carbocycles. The van der Waals surface area contributed by atoms with Crippen molar-refractivity contribution in [2.75, 3.05) is 13.2 Å². The van der Waals surface area contributed by atoms with Gasteiger partial charge in [-0.2, -0.15) is 0 Å². The normalized spacial score (nSPS) is 20.0. The highest BCUT2D eigenvalue weighted by atomic mass is 16.6. The lowest BCUT2D eigenvalue weighted by Crippen LogP contribution is -2.35. The minimum absolute atomic E-state index is 0.0857. The molecular weight excluding hydrogens is 208 g/mol. The van der Waals surface area contributed by atoms with Gasteiger partial charge in [0.15, 0.2) is 0 Å². The zero-order valence-electron chi connectivity index (χ0n) is 9.09. The molecule has 5 nitrogen and oxygen atoms in total. The first-order valence-corrected chi connectivity index (χ1v) is 5.16. The van der Waals surface area contributed by atoms with Crippen molar-refractivity contribution < 1.29 is 14.6 Å². The number of cyclic esters (lactones) is 1. The average molecular weight is 222 g/mol. The number of rotatable bonds is 3. The minimum atomic E-state index is -0.388. The van der Waals surface area contributed by atoms with E-state index in [1.807, 2.05) is 19.1 Å². The molecule has 1 N–H and O–H groups in total. The molecule has 2 heterocycles. The molecule has 2 rings (SSSR count). The molecule has 1 aromatic rings. The number of aliphatic hydroxyl groups excluding tert-OH is 1. The summed E-state index contributed by atoms with van der Waals surface area (Å²) in [6.07, 6.45) is 1.37. The lowest BCUT2D eigenvalue weighted by Gasteiger charge is -2.18. The van der Waals surface area contributed by atoms with E-state index in [1.165, 1.54) is 4.90 Å². The molecule has 1 fully saturated rings. The number of nitrogens with zero attached hydrogens (tertiary/aromatic N) is 2. The van der Waals surface area contributed by atoms with Crippen molar-refractivity contribution in [3.8, 4) is 0 Å². The molecule has 0 radical (unpaired) electrons.